The summed E-state index contributed by atoms with van der Waals surface area (Å²) >= 11 is 5.92. The zero-order valence-electron chi connectivity index (χ0n) is 14.6. The average molecular weight is 387 g/mol. The Balaban J connectivity index is 1.36. The predicted molar refractivity (Wildman–Crippen MR) is 99.7 cm³/mol. The minimum Gasteiger partial charge on any atom is -0.477 e. The van der Waals surface area contributed by atoms with Gasteiger partial charge in [0.15, 0.2) is 5.76 Å². The summed E-state index contributed by atoms with van der Waals surface area (Å²) in [5.41, 5.74) is 2.83. The molecule has 0 unspecified atom stereocenters. The van der Waals surface area contributed by atoms with Crippen molar-refractivity contribution in [1.29, 1.82) is 0 Å². The number of likely N-dealkylation sites (tertiary alicyclic amines) is 1. The van der Waals surface area contributed by atoms with Crippen molar-refractivity contribution in [3.63, 3.8) is 0 Å². The normalized spacial score (nSPS) is 15.9. The topological polar surface area (TPSA) is 95.2 Å². The van der Waals surface area contributed by atoms with Gasteiger partial charge in [-0.15, -0.1) is 0 Å². The molecule has 3 aromatic rings. The highest BCUT2D eigenvalue weighted by Crippen LogP contribution is 2.30. The van der Waals surface area contributed by atoms with E-state index >= 15 is 0 Å². The second-order valence-corrected chi connectivity index (χ2v) is 7.18. The molecule has 4 rings (SSSR count). The van der Waals surface area contributed by atoms with Crippen LogP contribution in [0.15, 0.2) is 41.1 Å². The fraction of sp³-hybridized carbons (Fsp3) is 0.316. The Labute approximate surface area is 160 Å². The van der Waals surface area contributed by atoms with Gasteiger partial charge in [-0.2, -0.15) is 5.10 Å². The molecule has 3 heterocycles. The molecule has 0 radical (unpaired) electrons. The number of carboxylic acids is 1. The second-order valence-electron chi connectivity index (χ2n) is 6.75. The van der Waals surface area contributed by atoms with E-state index < -0.39 is 5.97 Å². The molecule has 0 bridgehead atoms. The predicted octanol–water partition coefficient (Wildman–Crippen LogP) is 3.80. The van der Waals surface area contributed by atoms with Crippen LogP contribution in [0.25, 0.3) is 11.3 Å². The van der Waals surface area contributed by atoms with Crippen LogP contribution in [-0.2, 0) is 6.54 Å². The maximum absolute atomic E-state index is 11.3. The van der Waals surface area contributed by atoms with E-state index in [4.69, 9.17) is 16.1 Å². The molecule has 1 saturated heterocycles. The highest BCUT2D eigenvalue weighted by molar-refractivity contribution is 6.30. The summed E-state index contributed by atoms with van der Waals surface area (Å²) in [6.07, 6.45) is 3.42. The molecule has 0 spiro atoms. The number of hydrogen-bond acceptors (Lipinski definition) is 5. The van der Waals surface area contributed by atoms with Gasteiger partial charge in [-0.05, 0) is 56.1 Å². The lowest BCUT2D eigenvalue weighted by Gasteiger charge is -2.31. The van der Waals surface area contributed by atoms with Crippen molar-refractivity contribution < 1.29 is 14.4 Å². The van der Waals surface area contributed by atoms with Crippen molar-refractivity contribution in [3.8, 4) is 11.3 Å². The zero-order valence-corrected chi connectivity index (χ0v) is 15.3. The Morgan fingerprint density at radius 2 is 2.04 bits per heavy atom. The monoisotopic (exact) mass is 386 g/mol. The molecule has 0 saturated carbocycles. The lowest BCUT2D eigenvalue weighted by molar-refractivity contribution is 0.0687. The number of benzene rings is 1. The van der Waals surface area contributed by atoms with Crippen LogP contribution in [0.5, 0.6) is 0 Å². The molecular formula is C19H19ClN4O3. The number of halogens is 1. The smallest absolute Gasteiger partial charge is 0.354 e. The summed E-state index contributed by atoms with van der Waals surface area (Å²) in [6.45, 7) is 2.46. The van der Waals surface area contributed by atoms with Gasteiger partial charge in [0.1, 0.15) is 5.69 Å². The number of rotatable bonds is 5. The Bertz CT molecular complexity index is 927. The van der Waals surface area contributed by atoms with Crippen LogP contribution in [0.4, 0.5) is 0 Å². The highest BCUT2D eigenvalue weighted by atomic mass is 35.5. The third-order valence-corrected chi connectivity index (χ3v) is 5.24. The number of nitrogens with zero attached hydrogens (tertiary/aromatic N) is 3. The van der Waals surface area contributed by atoms with Gasteiger partial charge in [-0.25, -0.2) is 4.79 Å². The number of piperidine rings is 1. The second kappa shape index (κ2) is 7.54. The van der Waals surface area contributed by atoms with E-state index in [2.05, 4.69) is 20.3 Å². The fourth-order valence-electron chi connectivity index (χ4n) is 3.54. The van der Waals surface area contributed by atoms with Gasteiger partial charge < -0.3 is 9.63 Å². The van der Waals surface area contributed by atoms with Crippen LogP contribution in [-0.4, -0.2) is 44.4 Å². The molecule has 0 aliphatic carbocycles. The average Bonchev–Trinajstić information content (AvgIpc) is 3.33. The summed E-state index contributed by atoms with van der Waals surface area (Å²) in [7, 11) is 0. The van der Waals surface area contributed by atoms with Gasteiger partial charge in [0, 0.05) is 28.8 Å². The Hall–Kier alpha value is -2.64. The maximum Gasteiger partial charge on any atom is 0.354 e. The molecule has 1 aromatic carbocycles. The van der Waals surface area contributed by atoms with E-state index in [-0.39, 0.29) is 11.6 Å². The first kappa shape index (κ1) is 17.8. The van der Waals surface area contributed by atoms with E-state index in [1.54, 1.807) is 6.20 Å². The van der Waals surface area contributed by atoms with Crippen LogP contribution in [0.2, 0.25) is 5.02 Å². The number of aromatic nitrogens is 3. The summed E-state index contributed by atoms with van der Waals surface area (Å²) in [4.78, 5) is 13.6. The third kappa shape index (κ3) is 3.89. The zero-order chi connectivity index (χ0) is 18.8. The van der Waals surface area contributed by atoms with E-state index in [1.165, 1.54) is 0 Å². The van der Waals surface area contributed by atoms with E-state index in [0.29, 0.717) is 11.6 Å². The van der Waals surface area contributed by atoms with Gasteiger partial charge >= 0.3 is 5.97 Å². The molecule has 1 aliphatic heterocycles. The van der Waals surface area contributed by atoms with Crippen LogP contribution in [0.1, 0.15) is 40.5 Å². The van der Waals surface area contributed by atoms with Crippen LogP contribution in [0, 0.1) is 0 Å². The molecule has 27 heavy (non-hydrogen) atoms. The summed E-state index contributed by atoms with van der Waals surface area (Å²) in [5, 5.41) is 20.6. The summed E-state index contributed by atoms with van der Waals surface area (Å²) in [6, 6.07) is 9.41. The molecule has 0 atom stereocenters. The van der Waals surface area contributed by atoms with E-state index in [1.807, 2.05) is 30.3 Å². The lowest BCUT2D eigenvalue weighted by Crippen LogP contribution is -2.32. The fourth-order valence-corrected chi connectivity index (χ4v) is 3.67. The van der Waals surface area contributed by atoms with Gasteiger partial charge in [0.25, 0.3) is 0 Å². The van der Waals surface area contributed by atoms with Crippen LogP contribution < -0.4 is 0 Å². The standard InChI is InChI=1S/C19H19ClN4O3/c20-14-3-1-13(2-4-14)17-9-15(23-27-17)11-24-7-5-12(6-8-24)16-10-21-22-18(16)19(25)26/h1-4,9-10,12H,5-8,11H2,(H,21,22)(H,25,26). The minimum atomic E-state index is -0.956. The maximum atomic E-state index is 11.3. The Morgan fingerprint density at radius 3 is 2.74 bits per heavy atom. The highest BCUT2D eigenvalue weighted by Gasteiger charge is 2.26. The first-order chi connectivity index (χ1) is 13.1. The van der Waals surface area contributed by atoms with Gasteiger partial charge in [0.05, 0.1) is 11.9 Å². The van der Waals surface area contributed by atoms with Crippen molar-refractivity contribution in [2.24, 2.45) is 0 Å². The number of aromatic carboxylic acids is 1. The molecule has 1 aliphatic rings. The van der Waals surface area contributed by atoms with Crippen molar-refractivity contribution in [2.75, 3.05) is 13.1 Å². The quantitative estimate of drug-likeness (QED) is 0.692. The molecular weight excluding hydrogens is 368 g/mol. The van der Waals surface area contributed by atoms with Gasteiger partial charge in [-0.1, -0.05) is 16.8 Å². The SMILES string of the molecule is O=C(O)c1[nH]ncc1C1CCN(Cc2cc(-c3ccc(Cl)cc3)on2)CC1. The number of H-pyrrole nitrogens is 1. The minimum absolute atomic E-state index is 0.206. The van der Waals surface area contributed by atoms with Gasteiger partial charge in [0.2, 0.25) is 0 Å². The van der Waals surface area contributed by atoms with Crippen molar-refractivity contribution in [3.05, 3.63) is 58.5 Å². The molecule has 2 aromatic heterocycles. The summed E-state index contributed by atoms with van der Waals surface area (Å²) < 4.78 is 5.46. The molecule has 1 fully saturated rings. The number of aromatic amines is 1. The van der Waals surface area contributed by atoms with E-state index in [0.717, 1.165) is 48.5 Å². The number of carboxylic acid groups (broad SMARTS) is 1. The molecule has 7 nitrogen and oxygen atoms in total. The van der Waals surface area contributed by atoms with Crippen LogP contribution >= 0.6 is 11.6 Å². The number of carbonyl (C=O) groups is 1. The van der Waals surface area contributed by atoms with Crippen molar-refractivity contribution in [1.82, 2.24) is 20.3 Å². The van der Waals surface area contributed by atoms with Crippen molar-refractivity contribution >= 4 is 17.6 Å². The first-order valence-electron chi connectivity index (χ1n) is 8.80. The number of hydrogen-bond donors (Lipinski definition) is 2. The summed E-state index contributed by atoms with van der Waals surface area (Å²) in [5.74, 6) is -0.0173. The van der Waals surface area contributed by atoms with E-state index in [9.17, 15) is 9.90 Å². The lowest BCUT2D eigenvalue weighted by atomic mass is 9.89. The van der Waals surface area contributed by atoms with Gasteiger partial charge in [-0.3, -0.25) is 10.00 Å². The first-order valence-corrected chi connectivity index (χ1v) is 9.18. The van der Waals surface area contributed by atoms with Crippen molar-refractivity contribution in [2.45, 2.75) is 25.3 Å². The number of nitrogens with one attached hydrogen (secondary N) is 1. The van der Waals surface area contributed by atoms with Crippen LogP contribution in [0.3, 0.4) is 0 Å². The molecule has 8 heteroatoms. The molecule has 2 N–H and O–H groups in total. The molecule has 0 amide bonds. The largest absolute Gasteiger partial charge is 0.477 e. The Morgan fingerprint density at radius 1 is 1.30 bits per heavy atom. The Kier molecular flexibility index (Phi) is 4.96. The third-order valence-electron chi connectivity index (χ3n) is 4.98. The molecule has 140 valence electrons.